The van der Waals surface area contributed by atoms with E-state index in [0.29, 0.717) is 5.95 Å². The van der Waals surface area contributed by atoms with Crippen LogP contribution in [0.5, 0.6) is 0 Å². The molecule has 0 saturated heterocycles. The number of hydrogen-bond acceptors (Lipinski definition) is 3. The van der Waals surface area contributed by atoms with Crippen molar-refractivity contribution in [3.8, 4) is 0 Å². The minimum absolute atomic E-state index is 0.000138. The largest absolute Gasteiger partial charge is 0.350 e. The van der Waals surface area contributed by atoms with Crippen LogP contribution in [0.3, 0.4) is 0 Å². The standard InChI is InChI=1S/C11H8BrF2N3/c12-7-4-15-11(16-5-7)17-6-8-9(13)2-1-3-10(8)14/h1-5H,6H2,(H,15,16,17). The van der Waals surface area contributed by atoms with E-state index in [-0.39, 0.29) is 12.1 Å². The van der Waals surface area contributed by atoms with Gasteiger partial charge in [0, 0.05) is 24.5 Å². The molecule has 1 N–H and O–H groups in total. The van der Waals surface area contributed by atoms with E-state index in [0.717, 1.165) is 4.47 Å². The summed E-state index contributed by atoms with van der Waals surface area (Å²) in [6.45, 7) is 0.000138. The van der Waals surface area contributed by atoms with Gasteiger partial charge in [-0.15, -0.1) is 0 Å². The van der Waals surface area contributed by atoms with Crippen LogP contribution in [0.15, 0.2) is 35.1 Å². The van der Waals surface area contributed by atoms with Gasteiger partial charge >= 0.3 is 0 Å². The highest BCUT2D eigenvalue weighted by Gasteiger charge is 2.08. The second kappa shape index (κ2) is 5.18. The third kappa shape index (κ3) is 2.97. The van der Waals surface area contributed by atoms with Crippen LogP contribution >= 0.6 is 15.9 Å². The molecule has 0 unspecified atom stereocenters. The zero-order valence-electron chi connectivity index (χ0n) is 8.62. The molecular formula is C11H8BrF2N3. The van der Waals surface area contributed by atoms with E-state index < -0.39 is 11.6 Å². The molecular weight excluding hydrogens is 292 g/mol. The first-order chi connectivity index (χ1) is 8.16. The number of nitrogens with one attached hydrogen (secondary N) is 1. The molecule has 17 heavy (non-hydrogen) atoms. The molecule has 0 bridgehead atoms. The SMILES string of the molecule is Fc1cccc(F)c1CNc1ncc(Br)cn1. The topological polar surface area (TPSA) is 37.8 Å². The highest BCUT2D eigenvalue weighted by molar-refractivity contribution is 9.10. The Hall–Kier alpha value is -1.56. The van der Waals surface area contributed by atoms with Gasteiger partial charge < -0.3 is 5.32 Å². The first kappa shape index (κ1) is 11.9. The van der Waals surface area contributed by atoms with E-state index in [1.54, 1.807) is 12.4 Å². The van der Waals surface area contributed by atoms with Crippen molar-refractivity contribution in [3.05, 3.63) is 52.3 Å². The lowest BCUT2D eigenvalue weighted by atomic mass is 10.2. The molecule has 0 spiro atoms. The molecule has 0 fully saturated rings. The van der Waals surface area contributed by atoms with Crippen molar-refractivity contribution in [1.82, 2.24) is 9.97 Å². The third-order valence-electron chi connectivity index (χ3n) is 2.11. The number of anilines is 1. The molecule has 0 radical (unpaired) electrons. The molecule has 2 aromatic rings. The second-order valence-corrected chi connectivity index (χ2v) is 4.19. The Kier molecular flexibility index (Phi) is 3.63. The molecule has 0 aliphatic heterocycles. The van der Waals surface area contributed by atoms with Gasteiger partial charge in [0.05, 0.1) is 4.47 Å². The van der Waals surface area contributed by atoms with Crippen molar-refractivity contribution < 1.29 is 8.78 Å². The zero-order valence-corrected chi connectivity index (χ0v) is 10.2. The first-order valence-corrected chi connectivity index (χ1v) is 5.60. The lowest BCUT2D eigenvalue weighted by molar-refractivity contribution is 0.559. The molecule has 2 rings (SSSR count). The van der Waals surface area contributed by atoms with Crippen LogP contribution in [0.4, 0.5) is 14.7 Å². The Morgan fingerprint density at radius 3 is 2.29 bits per heavy atom. The van der Waals surface area contributed by atoms with Gasteiger partial charge in [-0.1, -0.05) is 6.07 Å². The number of benzene rings is 1. The van der Waals surface area contributed by atoms with Crippen LogP contribution < -0.4 is 5.32 Å². The summed E-state index contributed by atoms with van der Waals surface area (Å²) in [5.74, 6) is -0.861. The van der Waals surface area contributed by atoms with Gasteiger partial charge in [-0.05, 0) is 28.1 Å². The van der Waals surface area contributed by atoms with E-state index in [9.17, 15) is 8.78 Å². The average Bonchev–Trinajstić information content (AvgIpc) is 2.31. The summed E-state index contributed by atoms with van der Waals surface area (Å²) in [6, 6.07) is 3.75. The molecule has 0 amide bonds. The summed E-state index contributed by atoms with van der Waals surface area (Å²) in [6.07, 6.45) is 3.10. The summed E-state index contributed by atoms with van der Waals surface area (Å²) in [5, 5.41) is 2.75. The fourth-order valence-corrected chi connectivity index (χ4v) is 1.48. The van der Waals surface area contributed by atoms with Crippen LogP contribution in [0.25, 0.3) is 0 Å². The van der Waals surface area contributed by atoms with Gasteiger partial charge in [0.25, 0.3) is 0 Å². The Bertz CT molecular complexity index is 496. The maximum absolute atomic E-state index is 13.3. The Labute approximate surface area is 105 Å². The Morgan fingerprint density at radius 2 is 1.71 bits per heavy atom. The van der Waals surface area contributed by atoms with Gasteiger partial charge in [0.15, 0.2) is 0 Å². The van der Waals surface area contributed by atoms with Crippen LogP contribution in [0, 0.1) is 11.6 Å². The smallest absolute Gasteiger partial charge is 0.222 e. The lowest BCUT2D eigenvalue weighted by Crippen LogP contribution is -2.06. The molecule has 0 saturated carbocycles. The summed E-state index contributed by atoms with van der Waals surface area (Å²) in [5.41, 5.74) is -0.0287. The predicted molar refractivity (Wildman–Crippen MR) is 63.4 cm³/mol. The normalized spacial score (nSPS) is 10.3. The molecule has 1 heterocycles. The highest BCUT2D eigenvalue weighted by Crippen LogP contribution is 2.13. The second-order valence-electron chi connectivity index (χ2n) is 3.28. The fraction of sp³-hybridized carbons (Fsp3) is 0.0909. The molecule has 1 aromatic heterocycles. The van der Waals surface area contributed by atoms with E-state index in [1.165, 1.54) is 18.2 Å². The van der Waals surface area contributed by atoms with Gasteiger partial charge in [-0.3, -0.25) is 0 Å². The number of nitrogens with zero attached hydrogens (tertiary/aromatic N) is 2. The summed E-state index contributed by atoms with van der Waals surface area (Å²) >= 11 is 3.19. The van der Waals surface area contributed by atoms with E-state index in [1.807, 2.05) is 0 Å². The van der Waals surface area contributed by atoms with Crippen molar-refractivity contribution in [2.75, 3.05) is 5.32 Å². The quantitative estimate of drug-likeness (QED) is 0.946. The average molecular weight is 300 g/mol. The molecule has 6 heteroatoms. The van der Waals surface area contributed by atoms with Crippen LogP contribution in [-0.4, -0.2) is 9.97 Å². The third-order valence-corrected chi connectivity index (χ3v) is 2.51. The molecule has 3 nitrogen and oxygen atoms in total. The minimum Gasteiger partial charge on any atom is -0.350 e. The zero-order chi connectivity index (χ0) is 12.3. The van der Waals surface area contributed by atoms with Crippen LogP contribution in [0.1, 0.15) is 5.56 Å². The first-order valence-electron chi connectivity index (χ1n) is 4.81. The molecule has 0 aliphatic carbocycles. The van der Waals surface area contributed by atoms with Gasteiger partial charge in [0.1, 0.15) is 11.6 Å². The molecule has 0 aliphatic rings. The monoisotopic (exact) mass is 299 g/mol. The predicted octanol–water partition coefficient (Wildman–Crippen LogP) is 3.13. The Morgan fingerprint density at radius 1 is 1.12 bits per heavy atom. The van der Waals surface area contributed by atoms with Crippen molar-refractivity contribution in [2.45, 2.75) is 6.54 Å². The summed E-state index contributed by atoms with van der Waals surface area (Å²) in [7, 11) is 0. The van der Waals surface area contributed by atoms with E-state index >= 15 is 0 Å². The van der Waals surface area contributed by atoms with Crippen LogP contribution in [-0.2, 0) is 6.54 Å². The van der Waals surface area contributed by atoms with Crippen molar-refractivity contribution in [2.24, 2.45) is 0 Å². The summed E-state index contributed by atoms with van der Waals surface area (Å²) in [4.78, 5) is 7.88. The fourth-order valence-electron chi connectivity index (χ4n) is 1.27. The van der Waals surface area contributed by atoms with E-state index in [4.69, 9.17) is 0 Å². The highest BCUT2D eigenvalue weighted by atomic mass is 79.9. The number of halogens is 3. The Balaban J connectivity index is 2.10. The van der Waals surface area contributed by atoms with Crippen molar-refractivity contribution >= 4 is 21.9 Å². The summed E-state index contributed by atoms with van der Waals surface area (Å²) < 4.78 is 27.3. The molecule has 0 atom stereocenters. The van der Waals surface area contributed by atoms with Crippen molar-refractivity contribution in [3.63, 3.8) is 0 Å². The molecule has 1 aromatic carbocycles. The number of rotatable bonds is 3. The number of aromatic nitrogens is 2. The van der Waals surface area contributed by atoms with Gasteiger partial charge in [-0.25, -0.2) is 18.7 Å². The minimum atomic E-state index is -0.588. The van der Waals surface area contributed by atoms with Gasteiger partial charge in [-0.2, -0.15) is 0 Å². The number of hydrogen-bond donors (Lipinski definition) is 1. The van der Waals surface area contributed by atoms with E-state index in [2.05, 4.69) is 31.2 Å². The maximum Gasteiger partial charge on any atom is 0.222 e. The maximum atomic E-state index is 13.3. The van der Waals surface area contributed by atoms with Crippen LogP contribution in [0.2, 0.25) is 0 Å². The lowest BCUT2D eigenvalue weighted by Gasteiger charge is -2.06. The molecule has 88 valence electrons. The van der Waals surface area contributed by atoms with Gasteiger partial charge in [0.2, 0.25) is 5.95 Å². The van der Waals surface area contributed by atoms with Crippen molar-refractivity contribution in [1.29, 1.82) is 0 Å².